The summed E-state index contributed by atoms with van der Waals surface area (Å²) >= 11 is 0. The molecule has 0 heterocycles. The molecule has 0 amide bonds. The van der Waals surface area contributed by atoms with Crippen molar-refractivity contribution in [2.24, 2.45) is 0 Å². The van der Waals surface area contributed by atoms with Gasteiger partial charge in [-0.25, -0.2) is 16.8 Å². The van der Waals surface area contributed by atoms with Gasteiger partial charge >= 0.3 is 0 Å². The van der Waals surface area contributed by atoms with Crippen molar-refractivity contribution in [2.75, 3.05) is 22.6 Å². The fraction of sp³-hybridized carbons (Fsp3) is 0.226. The van der Waals surface area contributed by atoms with E-state index in [1.165, 1.54) is 16.4 Å². The predicted octanol–water partition coefficient (Wildman–Crippen LogP) is 5.05. The van der Waals surface area contributed by atoms with Crippen molar-refractivity contribution in [3.63, 3.8) is 0 Å². The molecule has 10 heteroatoms. The van der Waals surface area contributed by atoms with Gasteiger partial charge in [0.05, 0.1) is 29.0 Å². The molecule has 41 heavy (non-hydrogen) atoms. The van der Waals surface area contributed by atoms with Crippen LogP contribution in [0.4, 0.5) is 11.4 Å². The number of benzene rings is 4. The molecule has 0 aliphatic carbocycles. The standard InChI is InChI=1S/C31H34N2O6S2/c1-22(34)30-27(32)18-19-28(31(30)39-21-24-12-8-5-9-13-24)33(41(3,37)38)29(20-23-10-6-4-7-11-23)25-14-16-26(17-15-25)40(2,35)36/h4-19,22,29,34H,20-21,32H2,1-3H3. The Hall–Kier alpha value is -3.86. The zero-order valence-corrected chi connectivity index (χ0v) is 24.8. The second-order valence-electron chi connectivity index (χ2n) is 9.97. The first-order valence-corrected chi connectivity index (χ1v) is 16.7. The number of sulfonamides is 1. The van der Waals surface area contributed by atoms with E-state index in [1.54, 1.807) is 31.2 Å². The SMILES string of the molecule is CC(O)c1c(N)ccc(N(C(Cc2ccccc2)c2ccc(S(C)(=O)=O)cc2)S(C)(=O)=O)c1OCc1ccccc1. The fourth-order valence-corrected chi connectivity index (χ4v) is 6.57. The van der Waals surface area contributed by atoms with E-state index in [1.807, 2.05) is 60.7 Å². The summed E-state index contributed by atoms with van der Waals surface area (Å²) in [7, 11) is -7.43. The number of hydrogen-bond acceptors (Lipinski definition) is 7. The van der Waals surface area contributed by atoms with Gasteiger partial charge in [0.2, 0.25) is 10.0 Å². The smallest absolute Gasteiger partial charge is 0.232 e. The second kappa shape index (κ2) is 12.3. The Morgan fingerprint density at radius 1 is 0.805 bits per heavy atom. The third kappa shape index (κ3) is 7.27. The third-order valence-electron chi connectivity index (χ3n) is 6.70. The number of aliphatic hydroxyl groups excluding tert-OH is 1. The molecule has 2 unspecified atom stereocenters. The van der Waals surface area contributed by atoms with Crippen LogP contribution in [0.1, 0.15) is 41.3 Å². The van der Waals surface area contributed by atoms with Crippen molar-refractivity contribution in [1.29, 1.82) is 0 Å². The highest BCUT2D eigenvalue weighted by atomic mass is 32.2. The average molecular weight is 595 g/mol. The number of rotatable bonds is 11. The minimum Gasteiger partial charge on any atom is -0.486 e. The van der Waals surface area contributed by atoms with E-state index < -0.39 is 32.0 Å². The highest BCUT2D eigenvalue weighted by Gasteiger charge is 2.33. The van der Waals surface area contributed by atoms with Crippen LogP contribution >= 0.6 is 0 Å². The van der Waals surface area contributed by atoms with Gasteiger partial charge in [-0.3, -0.25) is 4.31 Å². The topological polar surface area (TPSA) is 127 Å². The maximum absolute atomic E-state index is 13.6. The first-order valence-electron chi connectivity index (χ1n) is 13.0. The van der Waals surface area contributed by atoms with E-state index in [4.69, 9.17) is 10.5 Å². The second-order valence-corrected chi connectivity index (χ2v) is 13.8. The Balaban J connectivity index is 1.93. The number of nitrogens with two attached hydrogens (primary N) is 1. The molecule has 3 N–H and O–H groups in total. The van der Waals surface area contributed by atoms with Crippen molar-refractivity contribution in [2.45, 2.75) is 37.0 Å². The Morgan fingerprint density at radius 2 is 1.37 bits per heavy atom. The molecule has 8 nitrogen and oxygen atoms in total. The normalized spacial score (nSPS) is 13.4. The summed E-state index contributed by atoms with van der Waals surface area (Å²) in [4.78, 5) is 0.126. The summed E-state index contributed by atoms with van der Waals surface area (Å²) in [6.45, 7) is 1.65. The Kier molecular flexibility index (Phi) is 9.06. The number of aliphatic hydroxyl groups is 1. The first-order chi connectivity index (χ1) is 19.4. The van der Waals surface area contributed by atoms with Gasteiger partial charge in [-0.15, -0.1) is 0 Å². The summed E-state index contributed by atoms with van der Waals surface area (Å²) in [5, 5.41) is 10.7. The Bertz CT molecular complexity index is 1690. The minimum absolute atomic E-state index is 0.112. The van der Waals surface area contributed by atoms with Crippen molar-refractivity contribution in [3.05, 3.63) is 119 Å². The summed E-state index contributed by atoms with van der Waals surface area (Å²) in [5.74, 6) is 0.153. The molecule has 0 saturated carbocycles. The Morgan fingerprint density at radius 3 is 1.88 bits per heavy atom. The minimum atomic E-state index is -3.97. The largest absolute Gasteiger partial charge is 0.486 e. The number of ether oxygens (including phenoxy) is 1. The Labute approximate surface area is 242 Å². The lowest BCUT2D eigenvalue weighted by Crippen LogP contribution is -2.36. The van der Waals surface area contributed by atoms with Crippen molar-refractivity contribution in [1.82, 2.24) is 0 Å². The summed E-state index contributed by atoms with van der Waals surface area (Å²) < 4.78 is 59.0. The van der Waals surface area contributed by atoms with Crippen LogP contribution in [0.15, 0.2) is 102 Å². The lowest BCUT2D eigenvalue weighted by Gasteiger charge is -2.34. The molecule has 0 saturated heterocycles. The monoisotopic (exact) mass is 594 g/mol. The average Bonchev–Trinajstić information content (AvgIpc) is 2.92. The van der Waals surface area contributed by atoms with Gasteiger partial charge in [-0.05, 0) is 54.3 Å². The molecule has 0 fully saturated rings. The molecule has 0 spiro atoms. The highest BCUT2D eigenvalue weighted by molar-refractivity contribution is 7.92. The van der Waals surface area contributed by atoms with Gasteiger partial charge in [0.15, 0.2) is 15.6 Å². The maximum Gasteiger partial charge on any atom is 0.232 e. The molecule has 0 aliphatic heterocycles. The third-order valence-corrected chi connectivity index (χ3v) is 8.99. The van der Waals surface area contributed by atoms with E-state index in [0.29, 0.717) is 5.56 Å². The molecule has 4 aromatic rings. The summed E-state index contributed by atoms with van der Waals surface area (Å²) in [6.07, 6.45) is 1.45. The molecular weight excluding hydrogens is 560 g/mol. The first kappa shape index (κ1) is 30.1. The van der Waals surface area contributed by atoms with Crippen LogP contribution in [-0.2, 0) is 32.9 Å². The van der Waals surface area contributed by atoms with Crippen molar-refractivity contribution in [3.8, 4) is 5.75 Å². The van der Waals surface area contributed by atoms with Crippen LogP contribution in [-0.4, -0.2) is 34.5 Å². The molecular formula is C31H34N2O6S2. The molecule has 2 atom stereocenters. The molecule has 4 aromatic carbocycles. The zero-order chi connectivity index (χ0) is 29.8. The fourth-order valence-electron chi connectivity index (χ4n) is 4.78. The molecule has 4 rings (SSSR count). The van der Waals surface area contributed by atoms with Crippen LogP contribution in [0.25, 0.3) is 0 Å². The van der Waals surface area contributed by atoms with Crippen LogP contribution in [0.2, 0.25) is 0 Å². The predicted molar refractivity (Wildman–Crippen MR) is 162 cm³/mol. The highest BCUT2D eigenvalue weighted by Crippen LogP contribution is 2.44. The van der Waals surface area contributed by atoms with E-state index in [0.717, 1.165) is 23.6 Å². The number of sulfone groups is 1. The van der Waals surface area contributed by atoms with E-state index in [9.17, 15) is 21.9 Å². The lowest BCUT2D eigenvalue weighted by atomic mass is 9.97. The molecule has 0 aliphatic rings. The maximum atomic E-state index is 13.6. The van der Waals surface area contributed by atoms with Gasteiger partial charge < -0.3 is 15.6 Å². The molecule has 0 bridgehead atoms. The van der Waals surface area contributed by atoms with Gasteiger partial charge in [0.25, 0.3) is 0 Å². The molecule has 0 aromatic heterocycles. The van der Waals surface area contributed by atoms with Gasteiger partial charge in [0.1, 0.15) is 6.61 Å². The van der Waals surface area contributed by atoms with Gasteiger partial charge in [-0.2, -0.15) is 0 Å². The van der Waals surface area contributed by atoms with Crippen LogP contribution in [0.5, 0.6) is 5.75 Å². The van der Waals surface area contributed by atoms with E-state index >= 15 is 0 Å². The van der Waals surface area contributed by atoms with Crippen molar-refractivity contribution < 1.29 is 26.7 Å². The van der Waals surface area contributed by atoms with Crippen LogP contribution in [0, 0.1) is 0 Å². The number of nitrogen functional groups attached to an aromatic ring is 1. The van der Waals surface area contributed by atoms with Crippen molar-refractivity contribution >= 4 is 31.2 Å². The van der Waals surface area contributed by atoms with Gasteiger partial charge in [0, 0.05) is 17.5 Å². The lowest BCUT2D eigenvalue weighted by molar-refractivity contribution is 0.191. The number of anilines is 2. The molecule has 0 radical (unpaired) electrons. The van der Waals surface area contributed by atoms with Gasteiger partial charge in [-0.1, -0.05) is 72.8 Å². The quantitative estimate of drug-likeness (QED) is 0.233. The number of nitrogens with zero attached hydrogens (tertiary/aromatic N) is 1. The van der Waals surface area contributed by atoms with E-state index in [2.05, 4.69) is 0 Å². The summed E-state index contributed by atoms with van der Waals surface area (Å²) in [6, 6.07) is 27.3. The van der Waals surface area contributed by atoms with Crippen LogP contribution < -0.4 is 14.8 Å². The number of hydrogen-bond donors (Lipinski definition) is 2. The van der Waals surface area contributed by atoms with E-state index in [-0.39, 0.29) is 40.6 Å². The zero-order valence-electron chi connectivity index (χ0n) is 23.1. The molecule has 216 valence electrons. The van der Waals surface area contributed by atoms with Crippen LogP contribution in [0.3, 0.4) is 0 Å². The summed E-state index contributed by atoms with van der Waals surface area (Å²) in [5.41, 5.74) is 9.32.